The summed E-state index contributed by atoms with van der Waals surface area (Å²) in [5, 5.41) is 9.30. The van der Waals surface area contributed by atoms with Crippen molar-refractivity contribution in [3.8, 4) is 0 Å². The van der Waals surface area contributed by atoms with Crippen LogP contribution < -0.4 is 0 Å². The standard InChI is InChI=1S/C23H26N4OS/c1-18-24-25-23(27(18)16-19-8-4-2-5-9-19)29-17-22(28)26-14-12-21(13-15-26)20-10-6-3-7-11-20/h2-11,21H,12-17H2,1H3. The highest BCUT2D eigenvalue weighted by atomic mass is 32.2. The number of aryl methyl sites for hydroxylation is 1. The fourth-order valence-corrected chi connectivity index (χ4v) is 4.71. The number of nitrogens with zero attached hydrogens (tertiary/aromatic N) is 4. The van der Waals surface area contributed by atoms with Gasteiger partial charge in [-0.25, -0.2) is 0 Å². The summed E-state index contributed by atoms with van der Waals surface area (Å²) in [6, 6.07) is 20.9. The van der Waals surface area contributed by atoms with Gasteiger partial charge in [0.15, 0.2) is 5.16 Å². The van der Waals surface area contributed by atoms with E-state index in [0.717, 1.165) is 43.5 Å². The first kappa shape index (κ1) is 19.7. The van der Waals surface area contributed by atoms with Crippen LogP contribution in [0.3, 0.4) is 0 Å². The molecule has 2 aromatic carbocycles. The summed E-state index contributed by atoms with van der Waals surface area (Å²) in [5.74, 6) is 2.02. The molecular weight excluding hydrogens is 380 g/mol. The van der Waals surface area contributed by atoms with Gasteiger partial charge in [0, 0.05) is 13.1 Å². The lowest BCUT2D eigenvalue weighted by atomic mass is 9.89. The van der Waals surface area contributed by atoms with Gasteiger partial charge in [0.05, 0.1) is 12.3 Å². The minimum absolute atomic E-state index is 0.188. The van der Waals surface area contributed by atoms with Gasteiger partial charge in [0.25, 0.3) is 0 Å². The Morgan fingerprint density at radius 3 is 2.34 bits per heavy atom. The number of aromatic nitrogens is 3. The van der Waals surface area contributed by atoms with Crippen molar-refractivity contribution in [2.75, 3.05) is 18.8 Å². The minimum Gasteiger partial charge on any atom is -0.342 e. The highest BCUT2D eigenvalue weighted by Gasteiger charge is 2.24. The van der Waals surface area contributed by atoms with Gasteiger partial charge in [-0.05, 0) is 36.8 Å². The SMILES string of the molecule is Cc1nnc(SCC(=O)N2CCC(c3ccccc3)CC2)n1Cc1ccccc1. The summed E-state index contributed by atoms with van der Waals surface area (Å²) >= 11 is 1.48. The van der Waals surface area contributed by atoms with Crippen molar-refractivity contribution in [1.82, 2.24) is 19.7 Å². The number of carbonyl (C=O) groups is 1. The van der Waals surface area contributed by atoms with Crippen LogP contribution in [0, 0.1) is 6.92 Å². The molecule has 0 aliphatic carbocycles. The quantitative estimate of drug-likeness (QED) is 0.578. The molecule has 1 amide bonds. The van der Waals surface area contributed by atoms with Crippen molar-refractivity contribution in [3.63, 3.8) is 0 Å². The van der Waals surface area contributed by atoms with Gasteiger partial charge in [0.2, 0.25) is 5.91 Å². The third kappa shape index (κ3) is 4.88. The molecule has 29 heavy (non-hydrogen) atoms. The first-order valence-corrected chi connectivity index (χ1v) is 11.1. The predicted molar refractivity (Wildman–Crippen MR) is 116 cm³/mol. The first-order chi connectivity index (χ1) is 14.2. The second kappa shape index (κ2) is 9.27. The zero-order valence-corrected chi connectivity index (χ0v) is 17.5. The van der Waals surface area contributed by atoms with Gasteiger partial charge in [0.1, 0.15) is 5.82 Å². The molecule has 3 aromatic rings. The van der Waals surface area contributed by atoms with Gasteiger partial charge >= 0.3 is 0 Å². The Hall–Kier alpha value is -2.60. The van der Waals surface area contributed by atoms with E-state index in [-0.39, 0.29) is 5.91 Å². The topological polar surface area (TPSA) is 51.0 Å². The lowest BCUT2D eigenvalue weighted by Gasteiger charge is -2.32. The Bertz CT molecular complexity index is 934. The molecule has 4 rings (SSSR count). The third-order valence-corrected chi connectivity index (χ3v) is 6.48. The van der Waals surface area contributed by atoms with Crippen LogP contribution in [0.2, 0.25) is 0 Å². The predicted octanol–water partition coefficient (Wildman–Crippen LogP) is 4.13. The number of hydrogen-bond acceptors (Lipinski definition) is 4. The Labute approximate surface area is 176 Å². The molecule has 0 spiro atoms. The summed E-state index contributed by atoms with van der Waals surface area (Å²) in [4.78, 5) is 14.7. The fraction of sp³-hybridized carbons (Fsp3) is 0.348. The second-order valence-electron chi connectivity index (χ2n) is 7.46. The number of carbonyl (C=O) groups excluding carboxylic acids is 1. The Balaban J connectivity index is 1.31. The second-order valence-corrected chi connectivity index (χ2v) is 8.40. The summed E-state index contributed by atoms with van der Waals surface area (Å²) < 4.78 is 2.08. The molecular formula is C23H26N4OS. The number of likely N-dealkylation sites (tertiary alicyclic amines) is 1. The molecule has 1 saturated heterocycles. The van der Waals surface area contributed by atoms with E-state index in [1.54, 1.807) is 0 Å². The van der Waals surface area contributed by atoms with Crippen LogP contribution in [-0.2, 0) is 11.3 Å². The van der Waals surface area contributed by atoms with E-state index in [2.05, 4.69) is 57.2 Å². The average molecular weight is 407 g/mol. The monoisotopic (exact) mass is 406 g/mol. The van der Waals surface area contributed by atoms with Crippen LogP contribution in [-0.4, -0.2) is 44.4 Å². The number of benzene rings is 2. The molecule has 0 atom stereocenters. The molecule has 1 fully saturated rings. The molecule has 6 heteroatoms. The van der Waals surface area contributed by atoms with Crippen molar-refractivity contribution in [2.24, 2.45) is 0 Å². The minimum atomic E-state index is 0.188. The Morgan fingerprint density at radius 1 is 1.00 bits per heavy atom. The molecule has 0 radical (unpaired) electrons. The fourth-order valence-electron chi connectivity index (χ4n) is 3.82. The van der Waals surface area contributed by atoms with Gasteiger partial charge in [-0.2, -0.15) is 0 Å². The normalized spacial score (nSPS) is 14.9. The summed E-state index contributed by atoms with van der Waals surface area (Å²) in [6.07, 6.45) is 2.06. The van der Waals surface area contributed by atoms with Crippen LogP contribution in [0.5, 0.6) is 0 Å². The lowest BCUT2D eigenvalue weighted by molar-refractivity contribution is -0.129. The maximum Gasteiger partial charge on any atom is 0.233 e. The molecule has 0 unspecified atom stereocenters. The number of piperidine rings is 1. The van der Waals surface area contributed by atoms with E-state index in [4.69, 9.17) is 0 Å². The van der Waals surface area contributed by atoms with Gasteiger partial charge in [-0.15, -0.1) is 10.2 Å². The number of thioether (sulfide) groups is 1. The highest BCUT2D eigenvalue weighted by Crippen LogP contribution is 2.28. The van der Waals surface area contributed by atoms with E-state index in [0.29, 0.717) is 11.7 Å². The molecule has 1 aliphatic rings. The molecule has 0 N–H and O–H groups in total. The van der Waals surface area contributed by atoms with Crippen molar-refractivity contribution in [3.05, 3.63) is 77.6 Å². The molecule has 1 aliphatic heterocycles. The Kier molecular flexibility index (Phi) is 6.30. The smallest absolute Gasteiger partial charge is 0.233 e. The highest BCUT2D eigenvalue weighted by molar-refractivity contribution is 7.99. The van der Waals surface area contributed by atoms with Crippen molar-refractivity contribution < 1.29 is 4.79 Å². The van der Waals surface area contributed by atoms with Crippen LogP contribution in [0.4, 0.5) is 0 Å². The molecule has 150 valence electrons. The van der Waals surface area contributed by atoms with E-state index >= 15 is 0 Å². The molecule has 0 bridgehead atoms. The zero-order chi connectivity index (χ0) is 20.1. The van der Waals surface area contributed by atoms with Crippen molar-refractivity contribution in [1.29, 1.82) is 0 Å². The largest absolute Gasteiger partial charge is 0.342 e. The van der Waals surface area contributed by atoms with Gasteiger partial charge < -0.3 is 9.47 Å². The van der Waals surface area contributed by atoms with Gasteiger partial charge in [-0.1, -0.05) is 72.4 Å². The van der Waals surface area contributed by atoms with E-state index in [1.807, 2.05) is 30.0 Å². The van der Waals surface area contributed by atoms with Crippen LogP contribution in [0.1, 0.15) is 35.7 Å². The molecule has 1 aromatic heterocycles. The Morgan fingerprint density at radius 2 is 1.66 bits per heavy atom. The summed E-state index contributed by atoms with van der Waals surface area (Å²) in [5.41, 5.74) is 2.59. The first-order valence-electron chi connectivity index (χ1n) is 10.1. The average Bonchev–Trinajstić information content (AvgIpc) is 3.13. The van der Waals surface area contributed by atoms with E-state index < -0.39 is 0 Å². The lowest BCUT2D eigenvalue weighted by Crippen LogP contribution is -2.39. The molecule has 5 nitrogen and oxygen atoms in total. The maximum absolute atomic E-state index is 12.7. The van der Waals surface area contributed by atoms with Crippen LogP contribution in [0.15, 0.2) is 65.8 Å². The maximum atomic E-state index is 12.7. The van der Waals surface area contributed by atoms with Gasteiger partial charge in [-0.3, -0.25) is 4.79 Å². The third-order valence-electron chi connectivity index (χ3n) is 5.53. The van der Waals surface area contributed by atoms with Crippen LogP contribution in [0.25, 0.3) is 0 Å². The van der Waals surface area contributed by atoms with E-state index in [1.165, 1.54) is 22.9 Å². The molecule has 0 saturated carbocycles. The number of hydrogen-bond donors (Lipinski definition) is 0. The van der Waals surface area contributed by atoms with E-state index in [9.17, 15) is 4.79 Å². The van der Waals surface area contributed by atoms with Crippen LogP contribution >= 0.6 is 11.8 Å². The summed E-state index contributed by atoms with van der Waals surface area (Å²) in [6.45, 7) is 4.33. The van der Waals surface area contributed by atoms with Crippen molar-refractivity contribution in [2.45, 2.75) is 37.4 Å². The number of rotatable bonds is 6. The van der Waals surface area contributed by atoms with Crippen molar-refractivity contribution >= 4 is 17.7 Å². The molecule has 2 heterocycles. The summed E-state index contributed by atoms with van der Waals surface area (Å²) in [7, 11) is 0. The number of amides is 1. The zero-order valence-electron chi connectivity index (χ0n) is 16.7.